The standard InChI is InChI=1S/C13H29N/c1-4-6-7-8-9-13(3)10-12-14-11-5-2/h13-14H,4-12H2,1-3H3. The third-order valence-electron chi connectivity index (χ3n) is 2.79. The molecule has 0 rings (SSSR count). The van der Waals surface area contributed by atoms with Crippen LogP contribution in [-0.4, -0.2) is 13.1 Å². The molecule has 1 heteroatoms. The van der Waals surface area contributed by atoms with Crippen LogP contribution in [0.3, 0.4) is 0 Å². The molecule has 0 heterocycles. The van der Waals surface area contributed by atoms with Gasteiger partial charge in [0.15, 0.2) is 0 Å². The molecular weight excluding hydrogens is 170 g/mol. The number of hydrogen-bond donors (Lipinski definition) is 1. The van der Waals surface area contributed by atoms with Gasteiger partial charge in [-0.05, 0) is 31.8 Å². The average molecular weight is 199 g/mol. The first-order chi connectivity index (χ1) is 6.81. The van der Waals surface area contributed by atoms with Crippen LogP contribution >= 0.6 is 0 Å². The fraction of sp³-hybridized carbons (Fsp3) is 1.00. The molecule has 0 aliphatic carbocycles. The van der Waals surface area contributed by atoms with E-state index in [9.17, 15) is 0 Å². The summed E-state index contributed by atoms with van der Waals surface area (Å²) in [5, 5.41) is 3.47. The van der Waals surface area contributed by atoms with Crippen molar-refractivity contribution in [2.24, 2.45) is 5.92 Å². The Morgan fingerprint density at radius 2 is 1.64 bits per heavy atom. The number of hydrogen-bond acceptors (Lipinski definition) is 1. The van der Waals surface area contributed by atoms with Crippen molar-refractivity contribution in [3.05, 3.63) is 0 Å². The second-order valence-electron chi connectivity index (χ2n) is 4.49. The van der Waals surface area contributed by atoms with Crippen molar-refractivity contribution < 1.29 is 0 Å². The van der Waals surface area contributed by atoms with Crippen molar-refractivity contribution in [2.45, 2.75) is 65.7 Å². The van der Waals surface area contributed by atoms with Crippen molar-refractivity contribution in [3.63, 3.8) is 0 Å². The molecule has 1 nitrogen and oxygen atoms in total. The molecule has 1 unspecified atom stereocenters. The molecule has 0 saturated carbocycles. The Hall–Kier alpha value is -0.0400. The first-order valence-electron chi connectivity index (χ1n) is 6.52. The SMILES string of the molecule is CCCCCCC(C)CCNCCC. The van der Waals surface area contributed by atoms with Gasteiger partial charge in [-0.2, -0.15) is 0 Å². The summed E-state index contributed by atoms with van der Waals surface area (Å²) < 4.78 is 0. The van der Waals surface area contributed by atoms with E-state index in [0.29, 0.717) is 0 Å². The minimum atomic E-state index is 0.913. The van der Waals surface area contributed by atoms with E-state index in [1.807, 2.05) is 0 Å². The van der Waals surface area contributed by atoms with Gasteiger partial charge in [-0.15, -0.1) is 0 Å². The molecule has 1 N–H and O–H groups in total. The molecule has 0 saturated heterocycles. The van der Waals surface area contributed by atoms with Crippen molar-refractivity contribution in [1.29, 1.82) is 0 Å². The molecule has 0 fully saturated rings. The number of rotatable bonds is 10. The highest BCUT2D eigenvalue weighted by molar-refractivity contribution is 4.56. The van der Waals surface area contributed by atoms with Gasteiger partial charge in [-0.3, -0.25) is 0 Å². The summed E-state index contributed by atoms with van der Waals surface area (Å²) >= 11 is 0. The molecule has 86 valence electrons. The van der Waals surface area contributed by atoms with Gasteiger partial charge in [-0.25, -0.2) is 0 Å². The minimum Gasteiger partial charge on any atom is -0.317 e. The lowest BCUT2D eigenvalue weighted by atomic mass is 9.99. The molecule has 0 spiro atoms. The molecule has 0 amide bonds. The fourth-order valence-corrected chi connectivity index (χ4v) is 1.71. The van der Waals surface area contributed by atoms with Gasteiger partial charge in [-0.1, -0.05) is 52.9 Å². The molecule has 0 radical (unpaired) electrons. The second-order valence-corrected chi connectivity index (χ2v) is 4.49. The number of unbranched alkanes of at least 4 members (excludes halogenated alkanes) is 3. The normalized spacial score (nSPS) is 13.1. The summed E-state index contributed by atoms with van der Waals surface area (Å²) in [5.41, 5.74) is 0. The zero-order valence-corrected chi connectivity index (χ0v) is 10.4. The van der Waals surface area contributed by atoms with Crippen LogP contribution < -0.4 is 5.32 Å². The Kier molecular flexibility index (Phi) is 11.0. The van der Waals surface area contributed by atoms with Crippen LogP contribution in [0.1, 0.15) is 65.7 Å². The quantitative estimate of drug-likeness (QED) is 0.525. The maximum absolute atomic E-state index is 3.47. The molecule has 0 aromatic carbocycles. The summed E-state index contributed by atoms with van der Waals surface area (Å²) in [6.45, 7) is 9.28. The predicted molar refractivity (Wildman–Crippen MR) is 65.7 cm³/mol. The third kappa shape index (κ3) is 10.0. The third-order valence-corrected chi connectivity index (χ3v) is 2.79. The summed E-state index contributed by atoms with van der Waals surface area (Å²) in [5.74, 6) is 0.913. The summed E-state index contributed by atoms with van der Waals surface area (Å²) in [6.07, 6.45) is 9.67. The Morgan fingerprint density at radius 3 is 2.29 bits per heavy atom. The molecule has 0 aromatic rings. The molecule has 1 atom stereocenters. The second kappa shape index (κ2) is 11.0. The van der Waals surface area contributed by atoms with Crippen molar-refractivity contribution in [1.82, 2.24) is 5.32 Å². The van der Waals surface area contributed by atoms with Gasteiger partial charge < -0.3 is 5.32 Å². The van der Waals surface area contributed by atoms with Crippen LogP contribution in [-0.2, 0) is 0 Å². The van der Waals surface area contributed by atoms with Crippen LogP contribution in [0.15, 0.2) is 0 Å². The van der Waals surface area contributed by atoms with Gasteiger partial charge >= 0.3 is 0 Å². The van der Waals surface area contributed by atoms with Crippen LogP contribution in [0.25, 0.3) is 0 Å². The van der Waals surface area contributed by atoms with Gasteiger partial charge in [0.2, 0.25) is 0 Å². The van der Waals surface area contributed by atoms with E-state index in [4.69, 9.17) is 0 Å². The van der Waals surface area contributed by atoms with Crippen molar-refractivity contribution >= 4 is 0 Å². The summed E-state index contributed by atoms with van der Waals surface area (Å²) in [7, 11) is 0. The molecular formula is C13H29N. The van der Waals surface area contributed by atoms with E-state index in [0.717, 1.165) is 5.92 Å². The minimum absolute atomic E-state index is 0.913. The van der Waals surface area contributed by atoms with E-state index < -0.39 is 0 Å². The fourth-order valence-electron chi connectivity index (χ4n) is 1.71. The van der Waals surface area contributed by atoms with E-state index in [1.54, 1.807) is 0 Å². The molecule has 14 heavy (non-hydrogen) atoms. The topological polar surface area (TPSA) is 12.0 Å². The van der Waals surface area contributed by atoms with Crippen LogP contribution in [0.2, 0.25) is 0 Å². The van der Waals surface area contributed by atoms with Gasteiger partial charge in [0.25, 0.3) is 0 Å². The Labute approximate surface area is 90.7 Å². The Bertz CT molecular complexity index is 89.4. The molecule has 0 bridgehead atoms. The van der Waals surface area contributed by atoms with E-state index in [-0.39, 0.29) is 0 Å². The number of nitrogens with one attached hydrogen (secondary N) is 1. The highest BCUT2D eigenvalue weighted by atomic mass is 14.8. The van der Waals surface area contributed by atoms with Gasteiger partial charge in [0, 0.05) is 0 Å². The highest BCUT2D eigenvalue weighted by Crippen LogP contribution is 2.12. The van der Waals surface area contributed by atoms with Crippen LogP contribution in [0.5, 0.6) is 0 Å². The Balaban J connectivity index is 3.07. The zero-order valence-electron chi connectivity index (χ0n) is 10.4. The first-order valence-corrected chi connectivity index (χ1v) is 6.52. The highest BCUT2D eigenvalue weighted by Gasteiger charge is 2.00. The van der Waals surface area contributed by atoms with Gasteiger partial charge in [0.1, 0.15) is 0 Å². The van der Waals surface area contributed by atoms with E-state index in [2.05, 4.69) is 26.1 Å². The summed E-state index contributed by atoms with van der Waals surface area (Å²) in [6, 6.07) is 0. The predicted octanol–water partition coefficient (Wildman–Crippen LogP) is 3.98. The van der Waals surface area contributed by atoms with Crippen LogP contribution in [0.4, 0.5) is 0 Å². The largest absolute Gasteiger partial charge is 0.317 e. The maximum Gasteiger partial charge on any atom is -0.00464 e. The lowest BCUT2D eigenvalue weighted by molar-refractivity contribution is 0.445. The van der Waals surface area contributed by atoms with Crippen LogP contribution in [0, 0.1) is 5.92 Å². The molecule has 0 aromatic heterocycles. The summed E-state index contributed by atoms with van der Waals surface area (Å²) in [4.78, 5) is 0. The van der Waals surface area contributed by atoms with Gasteiger partial charge in [0.05, 0.1) is 0 Å². The first kappa shape index (κ1) is 14.0. The monoisotopic (exact) mass is 199 g/mol. The Morgan fingerprint density at radius 1 is 0.857 bits per heavy atom. The molecule has 0 aliphatic heterocycles. The lowest BCUT2D eigenvalue weighted by Crippen LogP contribution is -2.18. The smallest absolute Gasteiger partial charge is 0.00464 e. The van der Waals surface area contributed by atoms with Crippen molar-refractivity contribution in [3.8, 4) is 0 Å². The zero-order chi connectivity index (χ0) is 10.6. The lowest BCUT2D eigenvalue weighted by Gasteiger charge is -2.11. The van der Waals surface area contributed by atoms with E-state index in [1.165, 1.54) is 58.0 Å². The van der Waals surface area contributed by atoms with E-state index >= 15 is 0 Å². The average Bonchev–Trinajstić information content (AvgIpc) is 2.19. The van der Waals surface area contributed by atoms with Crippen molar-refractivity contribution in [2.75, 3.05) is 13.1 Å². The molecule has 0 aliphatic rings. The maximum atomic E-state index is 3.47.